The van der Waals surface area contributed by atoms with Crippen LogP contribution in [-0.4, -0.2) is 16.0 Å². The minimum absolute atomic E-state index is 0. The Morgan fingerprint density at radius 1 is 1.12 bits per heavy atom. The van der Waals surface area contributed by atoms with Crippen molar-refractivity contribution in [3.63, 3.8) is 0 Å². The summed E-state index contributed by atoms with van der Waals surface area (Å²) in [5.74, 6) is -0.209. The van der Waals surface area contributed by atoms with E-state index in [0.29, 0.717) is 39.0 Å². The molecule has 3 N–H and O–H groups in total. The summed E-state index contributed by atoms with van der Waals surface area (Å²) in [6.07, 6.45) is 1.72. The van der Waals surface area contributed by atoms with E-state index in [-0.39, 0.29) is 18.2 Å². The van der Waals surface area contributed by atoms with Crippen molar-refractivity contribution in [3.8, 4) is 11.3 Å². The van der Waals surface area contributed by atoms with Crippen molar-refractivity contribution in [3.05, 3.63) is 75.4 Å². The first-order chi connectivity index (χ1) is 11.1. The van der Waals surface area contributed by atoms with Crippen molar-refractivity contribution in [2.75, 3.05) is 0 Å². The van der Waals surface area contributed by atoms with Crippen molar-refractivity contribution < 1.29 is 4.79 Å². The van der Waals surface area contributed by atoms with Crippen LogP contribution in [-0.2, 0) is 6.54 Å². The normalized spacial score (nSPS) is 10.3. The highest BCUT2D eigenvalue weighted by atomic mass is 35.5. The number of aromatic amines is 1. The smallest absolute Gasteiger partial charge is 0.195 e. The lowest BCUT2D eigenvalue weighted by atomic mass is 9.95. The van der Waals surface area contributed by atoms with Crippen molar-refractivity contribution in [2.24, 2.45) is 5.73 Å². The Balaban J connectivity index is 0.00000208. The van der Waals surface area contributed by atoms with E-state index in [4.69, 9.17) is 28.9 Å². The molecule has 0 fully saturated rings. The van der Waals surface area contributed by atoms with Crippen molar-refractivity contribution in [1.82, 2.24) is 10.2 Å². The molecule has 24 heavy (non-hydrogen) atoms. The van der Waals surface area contributed by atoms with Gasteiger partial charge < -0.3 is 5.73 Å². The molecule has 1 heterocycles. The third kappa shape index (κ3) is 3.47. The lowest BCUT2D eigenvalue weighted by molar-refractivity contribution is 0.103. The van der Waals surface area contributed by atoms with Crippen LogP contribution in [0.5, 0.6) is 0 Å². The van der Waals surface area contributed by atoms with Crippen LogP contribution < -0.4 is 5.73 Å². The predicted octanol–water partition coefficient (Wildman–Crippen LogP) is 4.50. The predicted molar refractivity (Wildman–Crippen MR) is 99.1 cm³/mol. The van der Waals surface area contributed by atoms with Gasteiger partial charge in [-0.3, -0.25) is 9.89 Å². The number of hydrogen-bond acceptors (Lipinski definition) is 3. The van der Waals surface area contributed by atoms with Gasteiger partial charge in [-0.2, -0.15) is 5.10 Å². The fourth-order valence-electron chi connectivity index (χ4n) is 2.40. The summed E-state index contributed by atoms with van der Waals surface area (Å²) >= 11 is 12.2. The van der Waals surface area contributed by atoms with E-state index in [2.05, 4.69) is 10.2 Å². The van der Waals surface area contributed by atoms with Crippen LogP contribution in [0.1, 0.15) is 21.5 Å². The third-order valence-corrected chi connectivity index (χ3v) is 4.10. The van der Waals surface area contributed by atoms with Crippen molar-refractivity contribution in [1.29, 1.82) is 0 Å². The van der Waals surface area contributed by atoms with E-state index in [1.54, 1.807) is 48.7 Å². The molecule has 0 aliphatic carbocycles. The molecule has 124 valence electrons. The fourth-order valence-corrected chi connectivity index (χ4v) is 2.80. The molecule has 0 aliphatic heterocycles. The molecule has 7 heteroatoms. The minimum Gasteiger partial charge on any atom is -0.326 e. The van der Waals surface area contributed by atoms with E-state index in [1.165, 1.54) is 0 Å². The SMILES string of the molecule is Cl.NCc1c[nH]nc1-c1ccc(Cl)cc1C(=O)c1ccccc1Cl. The molecule has 0 spiro atoms. The Bertz CT molecular complexity index is 877. The lowest BCUT2D eigenvalue weighted by Crippen LogP contribution is -2.06. The van der Waals surface area contributed by atoms with Gasteiger partial charge in [0.15, 0.2) is 5.78 Å². The molecule has 0 bridgehead atoms. The van der Waals surface area contributed by atoms with E-state index in [9.17, 15) is 4.79 Å². The molecule has 0 atom stereocenters. The highest BCUT2D eigenvalue weighted by Gasteiger charge is 2.20. The van der Waals surface area contributed by atoms with Gasteiger partial charge in [0, 0.05) is 40.0 Å². The van der Waals surface area contributed by atoms with Crippen molar-refractivity contribution in [2.45, 2.75) is 6.54 Å². The standard InChI is InChI=1S/C17H13Cl2N3O.ClH/c18-11-5-6-12(16-10(8-20)9-21-22-16)14(7-11)17(23)13-3-1-2-4-15(13)19;/h1-7,9H,8,20H2,(H,21,22);1H. The third-order valence-electron chi connectivity index (χ3n) is 3.54. The van der Waals surface area contributed by atoms with Crippen LogP contribution in [0.25, 0.3) is 11.3 Å². The minimum atomic E-state index is -0.209. The van der Waals surface area contributed by atoms with Gasteiger partial charge in [-0.05, 0) is 24.3 Å². The van der Waals surface area contributed by atoms with E-state index in [1.807, 2.05) is 0 Å². The largest absolute Gasteiger partial charge is 0.326 e. The molecule has 0 radical (unpaired) electrons. The van der Waals surface area contributed by atoms with Gasteiger partial charge in [-0.25, -0.2) is 0 Å². The van der Waals surface area contributed by atoms with Gasteiger partial charge >= 0.3 is 0 Å². The zero-order valence-corrected chi connectivity index (χ0v) is 14.8. The molecule has 3 rings (SSSR count). The molecular weight excluding hydrogens is 369 g/mol. The zero-order valence-electron chi connectivity index (χ0n) is 12.4. The Labute approximate surface area is 155 Å². The van der Waals surface area contributed by atoms with Crippen molar-refractivity contribution >= 4 is 41.4 Å². The number of benzene rings is 2. The van der Waals surface area contributed by atoms with Gasteiger partial charge in [0.25, 0.3) is 0 Å². The second kappa shape index (κ2) is 7.81. The van der Waals surface area contributed by atoms with Crippen LogP contribution in [0.3, 0.4) is 0 Å². The summed E-state index contributed by atoms with van der Waals surface area (Å²) in [5.41, 5.74) is 8.71. The average Bonchev–Trinajstić information content (AvgIpc) is 3.03. The summed E-state index contributed by atoms with van der Waals surface area (Å²) in [6, 6.07) is 12.0. The van der Waals surface area contributed by atoms with Crippen LogP contribution in [0.15, 0.2) is 48.7 Å². The highest BCUT2D eigenvalue weighted by molar-refractivity contribution is 6.35. The molecule has 2 aromatic carbocycles. The number of nitrogens with zero attached hydrogens (tertiary/aromatic N) is 1. The van der Waals surface area contributed by atoms with Crippen LogP contribution in [0.4, 0.5) is 0 Å². The summed E-state index contributed by atoms with van der Waals surface area (Å²) in [4.78, 5) is 12.9. The number of carbonyl (C=O) groups excluding carboxylic acids is 1. The molecule has 4 nitrogen and oxygen atoms in total. The maximum Gasteiger partial charge on any atom is 0.195 e. The number of halogens is 3. The van der Waals surface area contributed by atoms with Crippen LogP contribution in [0, 0.1) is 0 Å². The monoisotopic (exact) mass is 381 g/mol. The molecule has 0 amide bonds. The second-order valence-corrected chi connectivity index (χ2v) is 5.81. The topological polar surface area (TPSA) is 71.8 Å². The Morgan fingerprint density at radius 3 is 2.58 bits per heavy atom. The zero-order chi connectivity index (χ0) is 16.4. The number of H-pyrrole nitrogens is 1. The number of rotatable bonds is 4. The summed E-state index contributed by atoms with van der Waals surface area (Å²) in [7, 11) is 0. The number of aromatic nitrogens is 2. The Kier molecular flexibility index (Phi) is 6.02. The lowest BCUT2D eigenvalue weighted by Gasteiger charge is -2.10. The van der Waals surface area contributed by atoms with Gasteiger partial charge in [-0.1, -0.05) is 41.4 Å². The fraction of sp³-hybridized carbons (Fsp3) is 0.0588. The number of ketones is 1. The van der Waals surface area contributed by atoms with E-state index < -0.39 is 0 Å². The quantitative estimate of drug-likeness (QED) is 0.653. The second-order valence-electron chi connectivity index (χ2n) is 4.96. The molecular formula is C17H14Cl3N3O. The summed E-state index contributed by atoms with van der Waals surface area (Å²) < 4.78 is 0. The van der Waals surface area contributed by atoms with E-state index >= 15 is 0 Å². The first-order valence-electron chi connectivity index (χ1n) is 6.93. The number of hydrogen-bond donors (Lipinski definition) is 2. The van der Waals surface area contributed by atoms with E-state index in [0.717, 1.165) is 5.56 Å². The van der Waals surface area contributed by atoms with Gasteiger partial charge in [-0.15, -0.1) is 12.4 Å². The molecule has 1 aromatic heterocycles. The first-order valence-corrected chi connectivity index (χ1v) is 7.69. The maximum atomic E-state index is 12.9. The van der Waals surface area contributed by atoms with Gasteiger partial charge in [0.1, 0.15) is 0 Å². The van der Waals surface area contributed by atoms with Crippen LogP contribution in [0.2, 0.25) is 10.0 Å². The first kappa shape index (κ1) is 18.5. The average molecular weight is 383 g/mol. The Hall–Kier alpha value is -1.85. The Morgan fingerprint density at radius 2 is 1.88 bits per heavy atom. The molecule has 3 aromatic rings. The highest BCUT2D eigenvalue weighted by Crippen LogP contribution is 2.30. The number of nitrogens with one attached hydrogen (secondary N) is 1. The van der Waals surface area contributed by atoms with Gasteiger partial charge in [0.2, 0.25) is 0 Å². The maximum absolute atomic E-state index is 12.9. The molecule has 0 aliphatic rings. The number of carbonyl (C=O) groups is 1. The van der Waals surface area contributed by atoms with Crippen LogP contribution >= 0.6 is 35.6 Å². The van der Waals surface area contributed by atoms with Gasteiger partial charge in [0.05, 0.1) is 10.7 Å². The molecule has 0 saturated carbocycles. The summed E-state index contributed by atoms with van der Waals surface area (Å²) in [6.45, 7) is 0.314. The number of nitrogens with two attached hydrogens (primary N) is 1. The summed E-state index contributed by atoms with van der Waals surface area (Å²) in [5, 5.41) is 7.85. The molecule has 0 unspecified atom stereocenters. The molecule has 0 saturated heterocycles.